The van der Waals surface area contributed by atoms with Gasteiger partial charge in [-0.3, -0.25) is 4.79 Å². The molecule has 0 saturated carbocycles. The van der Waals surface area contributed by atoms with Crippen molar-refractivity contribution in [3.8, 4) is 11.5 Å². The number of benzene rings is 2. The van der Waals surface area contributed by atoms with Crippen molar-refractivity contribution in [2.75, 3.05) is 25.1 Å². The summed E-state index contributed by atoms with van der Waals surface area (Å²) in [4.78, 5) is 14.6. The summed E-state index contributed by atoms with van der Waals surface area (Å²) in [5, 5.41) is 7.04. The van der Waals surface area contributed by atoms with Crippen molar-refractivity contribution in [2.24, 2.45) is 0 Å². The third-order valence-corrected chi connectivity index (χ3v) is 7.17. The summed E-state index contributed by atoms with van der Waals surface area (Å²) in [5.41, 5.74) is 2.34. The molecule has 3 heterocycles. The maximum atomic E-state index is 15.1. The highest BCUT2D eigenvalue weighted by Crippen LogP contribution is 2.34. The number of piperidine rings is 1. The lowest BCUT2D eigenvalue weighted by Gasteiger charge is -2.34. The van der Waals surface area contributed by atoms with Crippen LogP contribution in [0.3, 0.4) is 0 Å². The molecule has 1 N–H and O–H groups in total. The van der Waals surface area contributed by atoms with Crippen LogP contribution in [0.5, 0.6) is 11.5 Å². The second kappa shape index (κ2) is 12.4. The number of hydrogen-bond donors (Lipinski definition) is 1. The minimum absolute atomic E-state index is 0. The number of fused-ring (bicyclic) bond motifs is 1. The fourth-order valence-corrected chi connectivity index (χ4v) is 5.22. The molecule has 13 heteroatoms. The Kier molecular flexibility index (Phi) is 9.15. The van der Waals surface area contributed by atoms with E-state index in [1.807, 2.05) is 0 Å². The highest BCUT2D eigenvalue weighted by Gasteiger charge is 2.31. The van der Waals surface area contributed by atoms with E-state index in [-0.39, 0.29) is 41.9 Å². The van der Waals surface area contributed by atoms with Crippen LogP contribution in [0.25, 0.3) is 5.52 Å². The van der Waals surface area contributed by atoms with Crippen molar-refractivity contribution in [3.63, 3.8) is 0 Å². The number of carbonyl (C=O) groups excluding carboxylic acids is 1. The number of methoxy groups -OCH3 is 1. The van der Waals surface area contributed by atoms with E-state index < -0.39 is 23.9 Å². The van der Waals surface area contributed by atoms with E-state index in [1.54, 1.807) is 46.8 Å². The lowest BCUT2D eigenvalue weighted by Crippen LogP contribution is -2.34. The Balaban J connectivity index is 0.00000405. The molecular weight excluding hydrogens is 583 g/mol. The predicted molar refractivity (Wildman–Crippen MR) is 149 cm³/mol. The van der Waals surface area contributed by atoms with E-state index >= 15 is 8.78 Å². The molecule has 0 atom stereocenters. The molecule has 5 rings (SSSR count). The minimum Gasteiger partial charge on any atom is -0.497 e. The summed E-state index contributed by atoms with van der Waals surface area (Å²) in [7, 11) is 1.52. The molecule has 4 aromatic rings. The standard InChI is InChI=1S/C29H27F5N4O3.ClH/c1-17-26(25-15-22(40-2)9-12-38(25)36-17)28(39)35-16-18-13-23(30)27(24(31)14-18)37-10-7-20(8-11-37)19-3-5-21(6-4-19)41-29(32,33)34;/h3-6,9,12-15,20H,7-8,10-11,16H2,1-2H3,(H,35,39);1H. The molecule has 0 unspecified atom stereocenters. The van der Waals surface area contributed by atoms with Gasteiger partial charge < -0.3 is 19.7 Å². The molecule has 1 saturated heterocycles. The highest BCUT2D eigenvalue weighted by atomic mass is 35.5. The molecule has 1 aliphatic heterocycles. The predicted octanol–water partition coefficient (Wildman–Crippen LogP) is 6.56. The summed E-state index contributed by atoms with van der Waals surface area (Å²) < 4.78 is 78.1. The first-order valence-electron chi connectivity index (χ1n) is 12.9. The molecule has 1 aliphatic rings. The SMILES string of the molecule is COc1ccn2nc(C)c(C(=O)NCc3cc(F)c(N4CCC(c5ccc(OC(F)(F)F)cc5)CC4)c(F)c3)c2c1.Cl. The molecule has 7 nitrogen and oxygen atoms in total. The average Bonchev–Trinajstić information content (AvgIpc) is 3.26. The summed E-state index contributed by atoms with van der Waals surface area (Å²) >= 11 is 0. The average molecular weight is 611 g/mol. The smallest absolute Gasteiger partial charge is 0.497 e. The largest absolute Gasteiger partial charge is 0.573 e. The van der Waals surface area contributed by atoms with Gasteiger partial charge in [-0.1, -0.05) is 12.1 Å². The van der Waals surface area contributed by atoms with Gasteiger partial charge >= 0.3 is 6.36 Å². The fourth-order valence-electron chi connectivity index (χ4n) is 5.22. The lowest BCUT2D eigenvalue weighted by molar-refractivity contribution is -0.274. The molecule has 0 bridgehead atoms. The van der Waals surface area contributed by atoms with Crippen molar-refractivity contribution in [3.05, 3.63) is 88.7 Å². The van der Waals surface area contributed by atoms with Gasteiger partial charge in [-0.25, -0.2) is 13.3 Å². The Labute approximate surface area is 244 Å². The van der Waals surface area contributed by atoms with Crippen LogP contribution < -0.4 is 19.7 Å². The van der Waals surface area contributed by atoms with E-state index in [9.17, 15) is 18.0 Å². The summed E-state index contributed by atoms with van der Waals surface area (Å²) in [6, 6.07) is 11.5. The Bertz CT molecular complexity index is 1550. The Morgan fingerprint density at radius 3 is 2.26 bits per heavy atom. The number of carbonyl (C=O) groups is 1. The number of pyridine rings is 1. The van der Waals surface area contributed by atoms with Gasteiger partial charge in [0.15, 0.2) is 0 Å². The van der Waals surface area contributed by atoms with Crippen molar-refractivity contribution in [1.82, 2.24) is 14.9 Å². The second-order valence-electron chi connectivity index (χ2n) is 9.83. The van der Waals surface area contributed by atoms with Crippen LogP contribution in [-0.2, 0) is 6.54 Å². The number of ether oxygens (including phenoxy) is 2. The van der Waals surface area contributed by atoms with Gasteiger partial charge in [0.05, 0.1) is 23.9 Å². The number of hydrogen-bond acceptors (Lipinski definition) is 5. The third-order valence-electron chi connectivity index (χ3n) is 7.17. The van der Waals surface area contributed by atoms with E-state index in [1.165, 1.54) is 31.4 Å². The van der Waals surface area contributed by atoms with Crippen LogP contribution in [0.15, 0.2) is 54.7 Å². The van der Waals surface area contributed by atoms with Gasteiger partial charge in [0.2, 0.25) is 0 Å². The molecule has 1 fully saturated rings. The first-order valence-corrected chi connectivity index (χ1v) is 12.9. The molecular formula is C29H28ClF5N4O3. The van der Waals surface area contributed by atoms with Gasteiger partial charge in [0, 0.05) is 31.9 Å². The molecule has 2 aromatic heterocycles. The maximum Gasteiger partial charge on any atom is 0.573 e. The molecule has 0 aliphatic carbocycles. The quantitative estimate of drug-likeness (QED) is 0.240. The Morgan fingerprint density at radius 2 is 1.67 bits per heavy atom. The number of rotatable bonds is 7. The van der Waals surface area contributed by atoms with Gasteiger partial charge in [-0.2, -0.15) is 5.10 Å². The maximum absolute atomic E-state index is 15.1. The molecule has 42 heavy (non-hydrogen) atoms. The third kappa shape index (κ3) is 6.70. The monoisotopic (exact) mass is 610 g/mol. The lowest BCUT2D eigenvalue weighted by atomic mass is 9.89. The van der Waals surface area contributed by atoms with Gasteiger partial charge in [0.1, 0.15) is 28.8 Å². The van der Waals surface area contributed by atoms with E-state index in [0.29, 0.717) is 48.5 Å². The number of halogens is 6. The Hall–Kier alpha value is -4.06. The first-order chi connectivity index (χ1) is 19.5. The zero-order chi connectivity index (χ0) is 29.3. The molecule has 1 amide bonds. The number of amides is 1. The summed E-state index contributed by atoms with van der Waals surface area (Å²) in [6.07, 6.45) is -1.95. The van der Waals surface area contributed by atoms with Crippen molar-refractivity contribution in [2.45, 2.75) is 38.6 Å². The van der Waals surface area contributed by atoms with Crippen molar-refractivity contribution >= 4 is 29.5 Å². The van der Waals surface area contributed by atoms with Crippen LogP contribution in [-0.4, -0.2) is 42.1 Å². The zero-order valence-electron chi connectivity index (χ0n) is 22.7. The van der Waals surface area contributed by atoms with Crippen molar-refractivity contribution < 1.29 is 36.2 Å². The number of nitrogens with one attached hydrogen (secondary N) is 1. The molecule has 2 aromatic carbocycles. The molecule has 0 radical (unpaired) electrons. The van der Waals surface area contributed by atoms with Crippen LogP contribution in [0, 0.1) is 18.6 Å². The number of alkyl halides is 3. The van der Waals surface area contributed by atoms with E-state index in [0.717, 1.165) is 5.56 Å². The number of anilines is 1. The highest BCUT2D eigenvalue weighted by molar-refractivity contribution is 6.02. The van der Waals surface area contributed by atoms with Crippen LogP contribution >= 0.6 is 12.4 Å². The van der Waals surface area contributed by atoms with Crippen molar-refractivity contribution in [1.29, 1.82) is 0 Å². The van der Waals surface area contributed by atoms with Crippen LogP contribution in [0.4, 0.5) is 27.6 Å². The fraction of sp³-hybridized carbons (Fsp3) is 0.310. The summed E-state index contributed by atoms with van der Waals surface area (Å²) in [5.74, 6) is -1.61. The van der Waals surface area contributed by atoms with Gasteiger partial charge in [0.25, 0.3) is 5.91 Å². The van der Waals surface area contributed by atoms with E-state index in [4.69, 9.17) is 4.74 Å². The van der Waals surface area contributed by atoms with Gasteiger partial charge in [-0.05, 0) is 67.1 Å². The van der Waals surface area contributed by atoms with Crippen LogP contribution in [0.1, 0.15) is 45.9 Å². The van der Waals surface area contributed by atoms with Gasteiger partial charge in [-0.15, -0.1) is 25.6 Å². The topological polar surface area (TPSA) is 68.1 Å². The number of aryl methyl sites for hydroxylation is 1. The van der Waals surface area contributed by atoms with Crippen LogP contribution in [0.2, 0.25) is 0 Å². The second-order valence-corrected chi connectivity index (χ2v) is 9.83. The van der Waals surface area contributed by atoms with E-state index in [2.05, 4.69) is 15.2 Å². The summed E-state index contributed by atoms with van der Waals surface area (Å²) in [6.45, 7) is 2.34. The molecule has 224 valence electrons. The number of nitrogens with zero attached hydrogens (tertiary/aromatic N) is 3. The Morgan fingerprint density at radius 1 is 1.02 bits per heavy atom. The zero-order valence-corrected chi connectivity index (χ0v) is 23.5. The number of aromatic nitrogens is 2. The minimum atomic E-state index is -4.76. The normalized spacial score (nSPS) is 14.0. The molecule has 0 spiro atoms. The first kappa shape index (κ1) is 30.9.